The number of benzene rings is 8. The van der Waals surface area contributed by atoms with Crippen LogP contribution in [0.15, 0.2) is 231 Å². The summed E-state index contributed by atoms with van der Waals surface area (Å²) in [5.74, 6) is 0. The van der Waals surface area contributed by atoms with Gasteiger partial charge in [0.2, 0.25) is 0 Å². The molecular formula is C52H44F3N2P3. The van der Waals surface area contributed by atoms with E-state index >= 15 is 13.2 Å². The molecule has 0 spiro atoms. The van der Waals surface area contributed by atoms with Crippen LogP contribution in [0.2, 0.25) is 0 Å². The van der Waals surface area contributed by atoms with Crippen molar-refractivity contribution in [3.05, 3.63) is 242 Å². The van der Waals surface area contributed by atoms with Crippen LogP contribution in [0.4, 0.5) is 24.5 Å². The van der Waals surface area contributed by atoms with Crippen LogP contribution in [0.5, 0.6) is 0 Å². The van der Waals surface area contributed by atoms with Gasteiger partial charge in [-0.15, -0.1) is 0 Å². The summed E-state index contributed by atoms with van der Waals surface area (Å²) >= 11 is 0. The Morgan fingerprint density at radius 3 is 0.850 bits per heavy atom. The molecule has 0 aromatic heterocycles. The molecule has 1 atom stereocenters. The van der Waals surface area contributed by atoms with E-state index in [1.54, 1.807) is 24.3 Å². The first-order valence-electron chi connectivity index (χ1n) is 19.8. The zero-order valence-electron chi connectivity index (χ0n) is 33.3. The minimum Gasteiger partial charge on any atom is -0.346 e. The number of hydrogen-bond donors (Lipinski definition) is 0. The molecule has 0 heterocycles. The van der Waals surface area contributed by atoms with Gasteiger partial charge in [-0.2, -0.15) is 13.2 Å². The van der Waals surface area contributed by atoms with Crippen molar-refractivity contribution in [2.24, 2.45) is 0 Å². The van der Waals surface area contributed by atoms with E-state index in [4.69, 9.17) is 0 Å². The Bertz CT molecular complexity index is 2350. The maximum atomic E-state index is 15.7. The van der Waals surface area contributed by atoms with Crippen LogP contribution in [0, 0.1) is 0 Å². The maximum absolute atomic E-state index is 15.7. The van der Waals surface area contributed by atoms with Crippen molar-refractivity contribution >= 4 is 67.4 Å². The minimum absolute atomic E-state index is 0.183. The molecule has 0 radical (unpaired) electrons. The average Bonchev–Trinajstić information content (AvgIpc) is 3.30. The molecule has 60 heavy (non-hydrogen) atoms. The Balaban J connectivity index is 1.22. The summed E-state index contributed by atoms with van der Waals surface area (Å²) < 4.78 is 51.8. The Morgan fingerprint density at radius 2 is 0.583 bits per heavy atom. The normalized spacial score (nSPS) is 12.7. The fraction of sp³-hybridized carbons (Fsp3) is 0.0769. The van der Waals surface area contributed by atoms with Gasteiger partial charge in [-0.3, -0.25) is 0 Å². The third kappa shape index (κ3) is 8.54. The molecule has 0 aliphatic carbocycles. The molecule has 8 aromatic rings. The molecule has 0 amide bonds. The first-order chi connectivity index (χ1) is 29.2. The van der Waals surface area contributed by atoms with Crippen LogP contribution in [-0.2, 0) is 5.41 Å². The quantitative estimate of drug-likeness (QED) is 0.107. The summed E-state index contributed by atoms with van der Waals surface area (Å²) in [5.41, 5.74) is -0.202. The van der Waals surface area contributed by atoms with Crippen LogP contribution < -0.4 is 40.9 Å². The Hall–Kier alpha value is -5.56. The number of rotatable bonds is 13. The van der Waals surface area contributed by atoms with Crippen LogP contribution >= 0.6 is 24.2 Å². The highest BCUT2D eigenvalue weighted by Gasteiger charge is 2.53. The van der Waals surface area contributed by atoms with Crippen LogP contribution in [0.3, 0.4) is 0 Å². The van der Waals surface area contributed by atoms with Gasteiger partial charge >= 0.3 is 6.18 Å². The van der Waals surface area contributed by atoms with E-state index in [-0.39, 0.29) is 11.1 Å². The van der Waals surface area contributed by atoms with Crippen molar-refractivity contribution in [3.8, 4) is 0 Å². The molecule has 0 aliphatic rings. The summed E-state index contributed by atoms with van der Waals surface area (Å²) in [4.78, 5) is 0. The maximum Gasteiger partial charge on any atom is 0.402 e. The van der Waals surface area contributed by atoms with Crippen molar-refractivity contribution in [1.29, 1.82) is 0 Å². The summed E-state index contributed by atoms with van der Waals surface area (Å²) in [6.45, 7) is 1.31. The van der Waals surface area contributed by atoms with E-state index in [0.29, 0.717) is 0 Å². The highest BCUT2D eigenvalue weighted by molar-refractivity contribution is 7.90. The molecule has 8 aromatic carbocycles. The molecule has 0 aliphatic heterocycles. The molecule has 0 fully saturated rings. The van der Waals surface area contributed by atoms with Crippen molar-refractivity contribution in [2.75, 3.05) is 16.2 Å². The Labute approximate surface area is 355 Å². The van der Waals surface area contributed by atoms with Gasteiger partial charge in [-0.25, -0.2) is 0 Å². The average molecular weight is 847 g/mol. The summed E-state index contributed by atoms with van der Waals surface area (Å²) in [7, 11) is -1.34. The van der Waals surface area contributed by atoms with Gasteiger partial charge in [-0.1, -0.05) is 206 Å². The van der Waals surface area contributed by atoms with Gasteiger partial charge in [0, 0.05) is 50.2 Å². The Kier molecular flexibility index (Phi) is 12.6. The predicted octanol–water partition coefficient (Wildman–Crippen LogP) is 11.9. The first kappa shape index (κ1) is 41.2. The minimum atomic E-state index is -4.58. The van der Waals surface area contributed by atoms with Crippen molar-refractivity contribution in [3.63, 3.8) is 0 Å². The van der Waals surface area contributed by atoms with E-state index in [0.717, 1.165) is 43.2 Å². The lowest BCUT2D eigenvalue weighted by molar-refractivity contribution is -0.173. The van der Waals surface area contributed by atoms with Crippen LogP contribution in [0.25, 0.3) is 0 Å². The number of halogens is 3. The molecule has 0 bridgehead atoms. The SMILES string of the molecule is CN(c1ccc(C(C)(c2ccc(N(P(c3ccccc3)c3ccccc3)P(c3ccccc3)c3ccccc3)cc2)C(F)(F)F)cc1)P(c1ccccc1)c1ccccc1. The molecule has 298 valence electrons. The monoisotopic (exact) mass is 846 g/mol. The van der Waals surface area contributed by atoms with E-state index in [9.17, 15) is 0 Å². The van der Waals surface area contributed by atoms with E-state index in [1.165, 1.54) is 6.92 Å². The standard InChI is InChI=1S/C52H44F3N2P3/c1-51(52(53,54)55,41-33-37-43(38-34-41)56(2)58(45-21-9-3-10-22-45)46-23-11-4-12-24-46)42-35-39-44(40-36-42)57(59(47-25-13-5-14-26-47)48-27-15-6-16-28-48)60(49-29-17-7-18-30-49)50-31-19-8-20-32-50/h3-40H,1-2H3. The zero-order valence-corrected chi connectivity index (χ0v) is 36.0. The third-order valence-electron chi connectivity index (χ3n) is 10.7. The molecular weight excluding hydrogens is 803 g/mol. The van der Waals surface area contributed by atoms with Gasteiger partial charge in [0.1, 0.15) is 5.41 Å². The van der Waals surface area contributed by atoms with Crippen molar-refractivity contribution in [2.45, 2.75) is 18.5 Å². The molecule has 8 rings (SSSR count). The summed E-state index contributed by atoms with van der Waals surface area (Å²) in [6, 6.07) is 76.5. The third-order valence-corrected chi connectivity index (χ3v) is 18.6. The highest BCUT2D eigenvalue weighted by atomic mass is 31.2. The lowest BCUT2D eigenvalue weighted by Gasteiger charge is -2.41. The van der Waals surface area contributed by atoms with Crippen molar-refractivity contribution < 1.29 is 13.2 Å². The highest BCUT2D eigenvalue weighted by Crippen LogP contribution is 2.57. The predicted molar refractivity (Wildman–Crippen MR) is 253 cm³/mol. The summed E-state index contributed by atoms with van der Waals surface area (Å²) in [5, 5.41) is 6.91. The number of alkyl halides is 3. The number of nitrogens with zero attached hydrogens (tertiary/aromatic N) is 2. The second kappa shape index (κ2) is 18.4. The fourth-order valence-electron chi connectivity index (χ4n) is 7.51. The first-order valence-corrected chi connectivity index (χ1v) is 23.6. The zero-order chi connectivity index (χ0) is 41.5. The van der Waals surface area contributed by atoms with Gasteiger partial charge in [-0.05, 0) is 42.3 Å². The van der Waals surface area contributed by atoms with Crippen LogP contribution in [0.1, 0.15) is 18.1 Å². The number of hydrogen-bond acceptors (Lipinski definition) is 2. The largest absolute Gasteiger partial charge is 0.402 e. The molecule has 0 saturated heterocycles. The fourth-order valence-corrected chi connectivity index (χ4v) is 15.8. The smallest absolute Gasteiger partial charge is 0.346 e. The topological polar surface area (TPSA) is 6.48 Å². The molecule has 0 N–H and O–H groups in total. The van der Waals surface area contributed by atoms with Crippen molar-refractivity contribution in [1.82, 2.24) is 0 Å². The van der Waals surface area contributed by atoms with Gasteiger partial charge in [0.25, 0.3) is 0 Å². The lowest BCUT2D eigenvalue weighted by atomic mass is 9.75. The lowest BCUT2D eigenvalue weighted by Crippen LogP contribution is -2.40. The van der Waals surface area contributed by atoms with Gasteiger partial charge in [0.05, 0.1) is 24.2 Å². The second-order valence-electron chi connectivity index (χ2n) is 14.5. The van der Waals surface area contributed by atoms with E-state index in [2.05, 4.69) is 130 Å². The molecule has 0 saturated carbocycles. The second-order valence-corrected chi connectivity index (χ2v) is 21.2. The van der Waals surface area contributed by atoms with Crippen LogP contribution in [-0.4, -0.2) is 13.2 Å². The summed E-state index contributed by atoms with van der Waals surface area (Å²) in [6.07, 6.45) is -4.58. The van der Waals surface area contributed by atoms with Gasteiger partial charge in [0.15, 0.2) is 0 Å². The Morgan fingerprint density at radius 1 is 0.333 bits per heavy atom. The van der Waals surface area contributed by atoms with E-state index in [1.807, 2.05) is 92.0 Å². The molecule has 1 unspecified atom stereocenters. The number of anilines is 2. The van der Waals surface area contributed by atoms with Gasteiger partial charge < -0.3 is 9.11 Å². The molecule has 8 heteroatoms. The van der Waals surface area contributed by atoms with E-state index < -0.39 is 35.8 Å². The molecule has 2 nitrogen and oxygen atoms in total.